The predicted molar refractivity (Wildman–Crippen MR) is 109 cm³/mol. The number of carbonyl (C=O) groups excluding carboxylic acids is 2. The Kier molecular flexibility index (Phi) is 5.25. The molecule has 1 N–H and O–H groups in total. The second-order valence-electron chi connectivity index (χ2n) is 6.98. The minimum atomic E-state index is -0.0319. The van der Waals surface area contributed by atoms with Crippen LogP contribution in [0.25, 0.3) is 5.69 Å². The zero-order chi connectivity index (χ0) is 19.5. The Morgan fingerprint density at radius 2 is 1.82 bits per heavy atom. The maximum Gasteiger partial charge on any atom is 0.253 e. The molecule has 28 heavy (non-hydrogen) atoms. The predicted octanol–water partition coefficient (Wildman–Crippen LogP) is 3.28. The number of thiophene rings is 1. The van der Waals surface area contributed by atoms with E-state index in [9.17, 15) is 9.59 Å². The van der Waals surface area contributed by atoms with E-state index in [0.29, 0.717) is 24.2 Å². The van der Waals surface area contributed by atoms with Gasteiger partial charge in [0.05, 0.1) is 5.69 Å². The van der Waals surface area contributed by atoms with E-state index in [1.165, 1.54) is 11.3 Å². The molecule has 1 aliphatic rings. The number of carbonyl (C=O) groups is 2. The zero-order valence-corrected chi connectivity index (χ0v) is 16.5. The third-order valence-electron chi connectivity index (χ3n) is 5.09. The molecular formula is C21H22N4O2S. The number of piperidine rings is 1. The lowest BCUT2D eigenvalue weighted by atomic mass is 10.0. The highest BCUT2D eigenvalue weighted by atomic mass is 32.1. The first-order chi connectivity index (χ1) is 13.6. The Hall–Kier alpha value is -2.93. The van der Waals surface area contributed by atoms with E-state index in [2.05, 4.69) is 10.4 Å². The lowest BCUT2D eigenvalue weighted by Gasteiger charge is -2.32. The lowest BCUT2D eigenvalue weighted by Crippen LogP contribution is -2.46. The molecule has 2 amide bonds. The molecule has 1 aliphatic heterocycles. The highest BCUT2D eigenvalue weighted by Gasteiger charge is 2.25. The standard InChI is InChI=1S/C21H22N4O2S/c1-15-6-10-22-25(15)19-4-2-16(3-5-19)21(27)24-11-7-18(8-12-24)23-20(26)17-9-13-28-14-17/h2-6,9-10,13-14,18H,7-8,11-12H2,1H3,(H,23,26). The summed E-state index contributed by atoms with van der Waals surface area (Å²) in [5.41, 5.74) is 3.37. The van der Waals surface area contributed by atoms with Gasteiger partial charge < -0.3 is 10.2 Å². The fourth-order valence-corrected chi connectivity index (χ4v) is 4.09. The number of aryl methyl sites for hydroxylation is 1. The van der Waals surface area contributed by atoms with Gasteiger partial charge in [0.2, 0.25) is 0 Å². The molecule has 0 unspecified atom stereocenters. The number of hydrogen-bond acceptors (Lipinski definition) is 4. The average molecular weight is 395 g/mol. The van der Waals surface area contributed by atoms with Crippen LogP contribution in [-0.2, 0) is 0 Å². The topological polar surface area (TPSA) is 67.2 Å². The van der Waals surface area contributed by atoms with Crippen LogP contribution in [0, 0.1) is 6.92 Å². The van der Waals surface area contributed by atoms with Gasteiger partial charge in [-0.3, -0.25) is 9.59 Å². The Morgan fingerprint density at radius 3 is 2.43 bits per heavy atom. The Bertz CT molecular complexity index is 955. The minimum Gasteiger partial charge on any atom is -0.349 e. The number of rotatable bonds is 4. The summed E-state index contributed by atoms with van der Waals surface area (Å²) in [7, 11) is 0. The van der Waals surface area contributed by atoms with Gasteiger partial charge in [-0.15, -0.1) is 0 Å². The van der Waals surface area contributed by atoms with Gasteiger partial charge in [-0.2, -0.15) is 16.4 Å². The van der Waals surface area contributed by atoms with Crippen molar-refractivity contribution in [3.63, 3.8) is 0 Å². The summed E-state index contributed by atoms with van der Waals surface area (Å²) in [4.78, 5) is 26.8. The van der Waals surface area contributed by atoms with Crippen LogP contribution in [0.5, 0.6) is 0 Å². The highest BCUT2D eigenvalue weighted by Crippen LogP contribution is 2.17. The average Bonchev–Trinajstić information content (AvgIpc) is 3.40. The first kappa shape index (κ1) is 18.4. The van der Waals surface area contributed by atoms with Gasteiger partial charge in [-0.1, -0.05) is 0 Å². The van der Waals surface area contributed by atoms with E-state index in [1.807, 2.05) is 63.7 Å². The third kappa shape index (κ3) is 3.84. The molecule has 0 aliphatic carbocycles. The van der Waals surface area contributed by atoms with Crippen LogP contribution in [0.2, 0.25) is 0 Å². The SMILES string of the molecule is Cc1ccnn1-c1ccc(C(=O)N2CCC(NC(=O)c3ccsc3)CC2)cc1. The second-order valence-corrected chi connectivity index (χ2v) is 7.76. The van der Waals surface area contributed by atoms with Crippen molar-refractivity contribution in [1.82, 2.24) is 20.0 Å². The summed E-state index contributed by atoms with van der Waals surface area (Å²) >= 11 is 1.51. The van der Waals surface area contributed by atoms with Gasteiger partial charge in [-0.05, 0) is 61.5 Å². The Balaban J connectivity index is 1.34. The van der Waals surface area contributed by atoms with Crippen molar-refractivity contribution in [1.29, 1.82) is 0 Å². The second kappa shape index (κ2) is 7.98. The van der Waals surface area contributed by atoms with Gasteiger partial charge in [0.25, 0.3) is 11.8 Å². The van der Waals surface area contributed by atoms with E-state index in [4.69, 9.17) is 0 Å². The van der Waals surface area contributed by atoms with Crippen molar-refractivity contribution < 1.29 is 9.59 Å². The maximum absolute atomic E-state index is 12.8. The van der Waals surface area contributed by atoms with Gasteiger partial charge in [0.15, 0.2) is 0 Å². The molecule has 2 aromatic heterocycles. The van der Waals surface area contributed by atoms with E-state index in [1.54, 1.807) is 6.20 Å². The molecule has 7 heteroatoms. The van der Waals surface area contributed by atoms with Crippen LogP contribution in [-0.4, -0.2) is 45.6 Å². The van der Waals surface area contributed by atoms with Crippen LogP contribution < -0.4 is 5.32 Å². The molecule has 0 atom stereocenters. The number of benzene rings is 1. The molecule has 1 aromatic carbocycles. The van der Waals surface area contributed by atoms with E-state index >= 15 is 0 Å². The zero-order valence-electron chi connectivity index (χ0n) is 15.7. The fraction of sp³-hybridized carbons (Fsp3) is 0.286. The van der Waals surface area contributed by atoms with E-state index in [0.717, 1.165) is 24.2 Å². The summed E-state index contributed by atoms with van der Waals surface area (Å²) in [5.74, 6) is 0.00174. The third-order valence-corrected chi connectivity index (χ3v) is 5.77. The first-order valence-corrected chi connectivity index (χ1v) is 10.3. The van der Waals surface area contributed by atoms with Crippen LogP contribution >= 0.6 is 11.3 Å². The van der Waals surface area contributed by atoms with Gasteiger partial charge in [-0.25, -0.2) is 4.68 Å². The van der Waals surface area contributed by atoms with Crippen molar-refractivity contribution in [2.75, 3.05) is 13.1 Å². The molecule has 3 aromatic rings. The Labute approximate surface area is 167 Å². The van der Waals surface area contributed by atoms with Crippen LogP contribution in [0.15, 0.2) is 53.4 Å². The van der Waals surface area contributed by atoms with Gasteiger partial charge in [0, 0.05) is 47.5 Å². The summed E-state index contributed by atoms with van der Waals surface area (Å²) in [6.45, 7) is 3.29. The first-order valence-electron chi connectivity index (χ1n) is 9.35. The molecule has 0 spiro atoms. The van der Waals surface area contributed by atoms with Crippen molar-refractivity contribution >= 4 is 23.2 Å². The number of hydrogen-bond donors (Lipinski definition) is 1. The van der Waals surface area contributed by atoms with Crippen LogP contribution in [0.3, 0.4) is 0 Å². The molecule has 3 heterocycles. The molecule has 1 saturated heterocycles. The number of aromatic nitrogens is 2. The number of likely N-dealkylation sites (tertiary alicyclic amines) is 1. The van der Waals surface area contributed by atoms with Crippen molar-refractivity contribution in [3.05, 3.63) is 70.2 Å². The maximum atomic E-state index is 12.8. The smallest absolute Gasteiger partial charge is 0.253 e. The number of nitrogens with one attached hydrogen (secondary N) is 1. The molecular weight excluding hydrogens is 372 g/mol. The summed E-state index contributed by atoms with van der Waals surface area (Å²) in [6, 6.07) is 11.4. The summed E-state index contributed by atoms with van der Waals surface area (Å²) in [6.07, 6.45) is 3.30. The fourth-order valence-electron chi connectivity index (χ4n) is 3.46. The van der Waals surface area contributed by atoms with Crippen LogP contribution in [0.1, 0.15) is 39.3 Å². The number of amides is 2. The van der Waals surface area contributed by atoms with Crippen molar-refractivity contribution in [2.24, 2.45) is 0 Å². The molecule has 0 radical (unpaired) electrons. The van der Waals surface area contributed by atoms with E-state index < -0.39 is 0 Å². The molecule has 6 nitrogen and oxygen atoms in total. The molecule has 144 valence electrons. The summed E-state index contributed by atoms with van der Waals surface area (Å²) in [5, 5.41) is 11.1. The molecule has 0 saturated carbocycles. The molecule has 4 rings (SSSR count). The van der Waals surface area contributed by atoms with E-state index in [-0.39, 0.29) is 17.9 Å². The monoisotopic (exact) mass is 394 g/mol. The highest BCUT2D eigenvalue weighted by molar-refractivity contribution is 7.08. The van der Waals surface area contributed by atoms with Crippen molar-refractivity contribution in [2.45, 2.75) is 25.8 Å². The summed E-state index contributed by atoms with van der Waals surface area (Å²) < 4.78 is 1.84. The quantitative estimate of drug-likeness (QED) is 0.738. The lowest BCUT2D eigenvalue weighted by molar-refractivity contribution is 0.0698. The van der Waals surface area contributed by atoms with Crippen molar-refractivity contribution in [3.8, 4) is 5.69 Å². The van der Waals surface area contributed by atoms with Crippen LogP contribution in [0.4, 0.5) is 0 Å². The normalized spacial score (nSPS) is 14.8. The molecule has 0 bridgehead atoms. The molecule has 1 fully saturated rings. The number of nitrogens with zero attached hydrogens (tertiary/aromatic N) is 3. The van der Waals surface area contributed by atoms with Gasteiger partial charge >= 0.3 is 0 Å². The largest absolute Gasteiger partial charge is 0.349 e. The van der Waals surface area contributed by atoms with Gasteiger partial charge in [0.1, 0.15) is 0 Å². The Morgan fingerprint density at radius 1 is 1.07 bits per heavy atom. The minimum absolute atomic E-state index is 0.0319.